The van der Waals surface area contributed by atoms with Gasteiger partial charge < -0.3 is 14.5 Å². The molecule has 0 bridgehead atoms. The van der Waals surface area contributed by atoms with Gasteiger partial charge in [0.15, 0.2) is 0 Å². The van der Waals surface area contributed by atoms with Crippen molar-refractivity contribution in [2.75, 3.05) is 33.3 Å². The van der Waals surface area contributed by atoms with Crippen molar-refractivity contribution in [2.24, 2.45) is 0 Å². The van der Waals surface area contributed by atoms with Gasteiger partial charge in [-0.1, -0.05) is 0 Å². The standard InChI is InChI=1S/C15H18F3N3O2/c1-20-6-4-12-11(9-20)21(7-8-23-12)14(22)13-10(15(16,17)18)3-2-5-19-13/h2-3,5,11-12H,4,6-9H2,1H3/t11-,12-/m0/s1. The van der Waals surface area contributed by atoms with Crippen LogP contribution in [0.3, 0.4) is 0 Å². The number of halogens is 3. The Hall–Kier alpha value is -1.67. The first-order valence-electron chi connectivity index (χ1n) is 7.51. The predicted octanol–water partition coefficient (Wildman–Crippen LogP) is 1.65. The van der Waals surface area contributed by atoms with E-state index in [2.05, 4.69) is 9.88 Å². The zero-order valence-electron chi connectivity index (χ0n) is 12.7. The van der Waals surface area contributed by atoms with Crippen molar-refractivity contribution in [3.05, 3.63) is 29.6 Å². The second kappa shape index (κ2) is 6.09. The molecule has 2 saturated heterocycles. The van der Waals surface area contributed by atoms with Gasteiger partial charge in [0.05, 0.1) is 24.3 Å². The number of aromatic nitrogens is 1. The van der Waals surface area contributed by atoms with Crippen LogP contribution in [0.2, 0.25) is 0 Å². The Morgan fingerprint density at radius 3 is 2.91 bits per heavy atom. The van der Waals surface area contributed by atoms with Crippen molar-refractivity contribution in [2.45, 2.75) is 24.7 Å². The lowest BCUT2D eigenvalue weighted by molar-refractivity contribution is -0.138. The van der Waals surface area contributed by atoms with Gasteiger partial charge in [0.25, 0.3) is 5.91 Å². The summed E-state index contributed by atoms with van der Waals surface area (Å²) in [6.07, 6.45) is -2.75. The number of pyridine rings is 1. The highest BCUT2D eigenvalue weighted by molar-refractivity contribution is 5.94. The molecule has 0 radical (unpaired) electrons. The van der Waals surface area contributed by atoms with Gasteiger partial charge in [-0.05, 0) is 25.6 Å². The van der Waals surface area contributed by atoms with Crippen LogP contribution in [-0.4, -0.2) is 66.1 Å². The van der Waals surface area contributed by atoms with Crippen LogP contribution in [0.15, 0.2) is 18.3 Å². The number of fused-ring (bicyclic) bond motifs is 1. The number of likely N-dealkylation sites (N-methyl/N-ethyl adjacent to an activating group) is 1. The van der Waals surface area contributed by atoms with Crippen molar-refractivity contribution in [1.82, 2.24) is 14.8 Å². The average Bonchev–Trinajstić information content (AvgIpc) is 2.53. The Bertz CT molecular complexity index is 594. The smallest absolute Gasteiger partial charge is 0.374 e. The van der Waals surface area contributed by atoms with E-state index >= 15 is 0 Å². The largest absolute Gasteiger partial charge is 0.418 e. The molecule has 2 atom stereocenters. The van der Waals surface area contributed by atoms with Crippen LogP contribution in [-0.2, 0) is 10.9 Å². The van der Waals surface area contributed by atoms with Gasteiger partial charge in [-0.2, -0.15) is 13.2 Å². The molecule has 3 rings (SSSR count). The normalized spacial score (nSPS) is 26.0. The Kier molecular flexibility index (Phi) is 4.29. The van der Waals surface area contributed by atoms with Gasteiger partial charge in [0, 0.05) is 25.8 Å². The highest BCUT2D eigenvalue weighted by atomic mass is 19.4. The molecular weight excluding hydrogens is 311 g/mol. The summed E-state index contributed by atoms with van der Waals surface area (Å²) < 4.78 is 45.1. The summed E-state index contributed by atoms with van der Waals surface area (Å²) in [7, 11) is 1.93. The second-order valence-electron chi connectivity index (χ2n) is 5.92. The topological polar surface area (TPSA) is 45.7 Å². The Balaban J connectivity index is 1.91. The van der Waals surface area contributed by atoms with Crippen LogP contribution in [0.1, 0.15) is 22.5 Å². The number of carbonyl (C=O) groups excluding carboxylic acids is 1. The van der Waals surface area contributed by atoms with Gasteiger partial charge in [0.1, 0.15) is 5.69 Å². The monoisotopic (exact) mass is 329 g/mol. The number of nitrogens with zero attached hydrogens (tertiary/aromatic N) is 3. The fraction of sp³-hybridized carbons (Fsp3) is 0.600. The van der Waals surface area contributed by atoms with E-state index in [0.717, 1.165) is 19.0 Å². The molecule has 2 aliphatic rings. The van der Waals surface area contributed by atoms with E-state index in [1.165, 1.54) is 17.2 Å². The van der Waals surface area contributed by atoms with Gasteiger partial charge >= 0.3 is 6.18 Å². The van der Waals surface area contributed by atoms with E-state index in [0.29, 0.717) is 13.2 Å². The van der Waals surface area contributed by atoms with Gasteiger partial charge in [-0.25, -0.2) is 0 Å². The molecule has 0 unspecified atom stereocenters. The molecule has 0 aromatic carbocycles. The van der Waals surface area contributed by atoms with Gasteiger partial charge in [-0.3, -0.25) is 9.78 Å². The average molecular weight is 329 g/mol. The minimum Gasteiger partial charge on any atom is -0.374 e. The van der Waals surface area contributed by atoms with Crippen LogP contribution >= 0.6 is 0 Å². The molecule has 0 saturated carbocycles. The summed E-state index contributed by atoms with van der Waals surface area (Å²) in [4.78, 5) is 20.0. The summed E-state index contributed by atoms with van der Waals surface area (Å²) in [5.41, 5.74) is -1.52. The summed E-state index contributed by atoms with van der Waals surface area (Å²) in [6, 6.07) is 1.85. The lowest BCUT2D eigenvalue weighted by Gasteiger charge is -2.46. The number of carbonyl (C=O) groups is 1. The van der Waals surface area contributed by atoms with Crippen LogP contribution in [0.25, 0.3) is 0 Å². The molecule has 3 heterocycles. The van der Waals surface area contributed by atoms with E-state index in [1.807, 2.05) is 7.05 Å². The fourth-order valence-corrected chi connectivity index (χ4v) is 3.22. The minimum absolute atomic E-state index is 0.123. The van der Waals surface area contributed by atoms with E-state index < -0.39 is 23.3 Å². The molecule has 2 fully saturated rings. The molecule has 1 amide bonds. The third-order valence-electron chi connectivity index (χ3n) is 4.36. The van der Waals surface area contributed by atoms with Crippen LogP contribution < -0.4 is 0 Å². The van der Waals surface area contributed by atoms with Gasteiger partial charge in [0.2, 0.25) is 0 Å². The molecule has 0 spiro atoms. The first-order chi connectivity index (χ1) is 10.9. The number of ether oxygens (including phenoxy) is 1. The number of rotatable bonds is 1. The maximum absolute atomic E-state index is 13.1. The Morgan fingerprint density at radius 2 is 2.17 bits per heavy atom. The zero-order valence-corrected chi connectivity index (χ0v) is 12.7. The maximum atomic E-state index is 13.1. The highest BCUT2D eigenvalue weighted by Gasteiger charge is 2.42. The van der Waals surface area contributed by atoms with Crippen LogP contribution in [0.5, 0.6) is 0 Å². The van der Waals surface area contributed by atoms with Crippen LogP contribution in [0.4, 0.5) is 13.2 Å². The highest BCUT2D eigenvalue weighted by Crippen LogP contribution is 2.32. The summed E-state index contributed by atoms with van der Waals surface area (Å²) in [5, 5.41) is 0. The molecular formula is C15H18F3N3O2. The molecule has 23 heavy (non-hydrogen) atoms. The molecule has 0 aliphatic carbocycles. The lowest BCUT2D eigenvalue weighted by atomic mass is 9.98. The maximum Gasteiger partial charge on any atom is 0.418 e. The third-order valence-corrected chi connectivity index (χ3v) is 4.36. The van der Waals surface area contributed by atoms with E-state index in [-0.39, 0.29) is 18.7 Å². The van der Waals surface area contributed by atoms with Crippen molar-refractivity contribution < 1.29 is 22.7 Å². The molecule has 8 heteroatoms. The Labute approximate surface area is 132 Å². The van der Waals surface area contributed by atoms with Crippen molar-refractivity contribution in [3.8, 4) is 0 Å². The Morgan fingerprint density at radius 1 is 1.39 bits per heavy atom. The summed E-state index contributed by atoms with van der Waals surface area (Å²) in [5.74, 6) is -0.675. The first-order valence-corrected chi connectivity index (χ1v) is 7.51. The second-order valence-corrected chi connectivity index (χ2v) is 5.92. The molecule has 126 valence electrons. The molecule has 2 aliphatic heterocycles. The van der Waals surface area contributed by atoms with Crippen molar-refractivity contribution in [1.29, 1.82) is 0 Å². The summed E-state index contributed by atoms with van der Waals surface area (Å²) >= 11 is 0. The molecule has 1 aromatic rings. The lowest BCUT2D eigenvalue weighted by Crippen LogP contribution is -2.61. The first kappa shape index (κ1) is 16.2. The number of hydrogen-bond acceptors (Lipinski definition) is 4. The molecule has 0 N–H and O–H groups in total. The number of alkyl halides is 3. The van der Waals surface area contributed by atoms with E-state index in [4.69, 9.17) is 4.74 Å². The van der Waals surface area contributed by atoms with Gasteiger partial charge in [-0.15, -0.1) is 0 Å². The molecule has 1 aromatic heterocycles. The summed E-state index contributed by atoms with van der Waals surface area (Å²) in [6.45, 7) is 2.05. The third kappa shape index (κ3) is 3.18. The van der Waals surface area contributed by atoms with E-state index in [9.17, 15) is 18.0 Å². The minimum atomic E-state index is -4.60. The number of piperidine rings is 1. The quantitative estimate of drug-likeness (QED) is 0.786. The number of hydrogen-bond donors (Lipinski definition) is 0. The number of morpholine rings is 1. The van der Waals surface area contributed by atoms with Crippen molar-refractivity contribution >= 4 is 5.91 Å². The zero-order chi connectivity index (χ0) is 16.6. The van der Waals surface area contributed by atoms with Crippen molar-refractivity contribution in [3.63, 3.8) is 0 Å². The van der Waals surface area contributed by atoms with Crippen LogP contribution in [0, 0.1) is 0 Å². The SMILES string of the molecule is CN1CC[C@@H]2OCCN(C(=O)c3ncccc3C(F)(F)F)[C@H]2C1. The predicted molar refractivity (Wildman–Crippen MR) is 75.9 cm³/mol. The fourth-order valence-electron chi connectivity index (χ4n) is 3.22. The number of likely N-dealkylation sites (tertiary alicyclic amines) is 1. The molecule has 5 nitrogen and oxygen atoms in total. The number of amides is 1. The van der Waals surface area contributed by atoms with E-state index in [1.54, 1.807) is 0 Å².